The molecular formula is C19H14F3N3O3S. The van der Waals surface area contributed by atoms with Gasteiger partial charge in [-0.3, -0.25) is 4.79 Å². The zero-order valence-corrected chi connectivity index (χ0v) is 15.8. The molecule has 0 aliphatic carbocycles. The minimum Gasteiger partial charge on any atom is -0.454 e. The average Bonchev–Trinajstić information content (AvgIpc) is 3.15. The lowest BCUT2D eigenvalue weighted by Crippen LogP contribution is -2.22. The first kappa shape index (κ1) is 19.3. The molecule has 0 saturated heterocycles. The molecule has 0 radical (unpaired) electrons. The molecule has 10 heteroatoms. The normalized spacial score (nSPS) is 14.1. The molecule has 1 aliphatic heterocycles. The van der Waals surface area contributed by atoms with Gasteiger partial charge in [0.15, 0.2) is 11.5 Å². The van der Waals surface area contributed by atoms with Gasteiger partial charge < -0.3 is 14.8 Å². The van der Waals surface area contributed by atoms with Crippen molar-refractivity contribution in [2.45, 2.75) is 23.4 Å². The highest BCUT2D eigenvalue weighted by atomic mass is 32.2. The third-order valence-corrected chi connectivity index (χ3v) is 5.22. The highest BCUT2D eigenvalue weighted by molar-refractivity contribution is 8.00. The Hall–Kier alpha value is -3.01. The van der Waals surface area contributed by atoms with Crippen molar-refractivity contribution in [3.8, 4) is 11.5 Å². The zero-order valence-electron chi connectivity index (χ0n) is 15.0. The van der Waals surface area contributed by atoms with Gasteiger partial charge in [0.2, 0.25) is 18.5 Å². The molecular weight excluding hydrogens is 407 g/mol. The summed E-state index contributed by atoms with van der Waals surface area (Å²) in [5.74, 6) is -0.524. The molecule has 0 bridgehead atoms. The molecule has 1 aliphatic rings. The lowest BCUT2D eigenvalue weighted by atomic mass is 10.2. The number of benzene rings is 2. The SMILES string of the molecule is CC(Sc1nc(C(F)(F)F)nc2ccccc12)C(=O)Nc1ccc2c(c1)OCO2. The lowest BCUT2D eigenvalue weighted by Gasteiger charge is -2.14. The number of carbonyl (C=O) groups is 1. The van der Waals surface area contributed by atoms with E-state index in [1.807, 2.05) is 0 Å². The fourth-order valence-electron chi connectivity index (χ4n) is 2.70. The molecule has 6 nitrogen and oxygen atoms in total. The zero-order chi connectivity index (χ0) is 20.6. The molecule has 0 fully saturated rings. The monoisotopic (exact) mass is 421 g/mol. The van der Waals surface area contributed by atoms with Crippen molar-refractivity contribution in [3.63, 3.8) is 0 Å². The fraction of sp³-hybridized carbons (Fsp3) is 0.211. The van der Waals surface area contributed by atoms with E-state index in [-0.39, 0.29) is 23.2 Å². The summed E-state index contributed by atoms with van der Waals surface area (Å²) >= 11 is 0.937. The molecule has 150 valence electrons. The number of carbonyl (C=O) groups excluding carboxylic acids is 1. The van der Waals surface area contributed by atoms with Crippen LogP contribution < -0.4 is 14.8 Å². The molecule has 4 rings (SSSR count). The van der Waals surface area contributed by atoms with Crippen molar-refractivity contribution in [3.05, 3.63) is 48.3 Å². The number of para-hydroxylation sites is 1. The van der Waals surface area contributed by atoms with E-state index < -0.39 is 17.3 Å². The van der Waals surface area contributed by atoms with Gasteiger partial charge in [-0.1, -0.05) is 30.0 Å². The quantitative estimate of drug-likeness (QED) is 0.494. The van der Waals surface area contributed by atoms with Crippen LogP contribution in [0.25, 0.3) is 10.9 Å². The van der Waals surface area contributed by atoms with E-state index in [1.54, 1.807) is 43.3 Å². The number of nitrogens with one attached hydrogen (secondary N) is 1. The predicted octanol–water partition coefficient (Wildman–Crippen LogP) is 4.50. The van der Waals surface area contributed by atoms with Gasteiger partial charge in [0.05, 0.1) is 10.8 Å². The third kappa shape index (κ3) is 4.07. The summed E-state index contributed by atoms with van der Waals surface area (Å²) in [6.07, 6.45) is -4.68. The Morgan fingerprint density at radius 3 is 2.69 bits per heavy atom. The van der Waals surface area contributed by atoms with Crippen LogP contribution in [0.2, 0.25) is 0 Å². The number of ether oxygens (including phenoxy) is 2. The van der Waals surface area contributed by atoms with E-state index in [0.29, 0.717) is 22.6 Å². The average molecular weight is 421 g/mol. The molecule has 0 saturated carbocycles. The number of aromatic nitrogens is 2. The van der Waals surface area contributed by atoms with E-state index in [9.17, 15) is 18.0 Å². The van der Waals surface area contributed by atoms with Gasteiger partial charge in [-0.2, -0.15) is 13.2 Å². The lowest BCUT2D eigenvalue weighted by molar-refractivity contribution is -0.145. The Balaban J connectivity index is 1.56. The maximum atomic E-state index is 13.2. The van der Waals surface area contributed by atoms with Gasteiger partial charge >= 0.3 is 6.18 Å². The van der Waals surface area contributed by atoms with E-state index in [2.05, 4.69) is 15.3 Å². The minimum absolute atomic E-state index is 0.0938. The molecule has 3 aromatic rings. The molecule has 2 heterocycles. The number of thioether (sulfide) groups is 1. The van der Waals surface area contributed by atoms with Crippen molar-refractivity contribution in [1.29, 1.82) is 0 Å². The molecule has 1 unspecified atom stereocenters. The molecule has 2 aromatic carbocycles. The van der Waals surface area contributed by atoms with Crippen LogP contribution in [0.5, 0.6) is 11.5 Å². The van der Waals surface area contributed by atoms with Gasteiger partial charge in [-0.05, 0) is 25.1 Å². The molecule has 1 atom stereocenters. The first-order chi connectivity index (χ1) is 13.8. The van der Waals surface area contributed by atoms with Crippen molar-refractivity contribution in [1.82, 2.24) is 9.97 Å². The maximum Gasteiger partial charge on any atom is 0.451 e. The summed E-state index contributed by atoms with van der Waals surface area (Å²) in [7, 11) is 0. The highest BCUT2D eigenvalue weighted by Crippen LogP contribution is 2.36. The standard InChI is InChI=1S/C19H14F3N3O3S/c1-10(16(26)23-11-6-7-14-15(8-11)28-9-27-14)29-17-12-4-2-3-5-13(12)24-18(25-17)19(20,21)22/h2-8,10H,9H2,1H3,(H,23,26). The van der Waals surface area contributed by atoms with Crippen LogP contribution in [0.3, 0.4) is 0 Å². The van der Waals surface area contributed by atoms with Crippen molar-refractivity contribution < 1.29 is 27.4 Å². The van der Waals surface area contributed by atoms with Gasteiger partial charge in [-0.15, -0.1) is 0 Å². The fourth-order valence-corrected chi connectivity index (χ4v) is 3.64. The summed E-state index contributed by atoms with van der Waals surface area (Å²) in [5, 5.41) is 2.56. The van der Waals surface area contributed by atoms with Gasteiger partial charge in [0.25, 0.3) is 0 Å². The number of hydrogen-bond acceptors (Lipinski definition) is 6. The first-order valence-electron chi connectivity index (χ1n) is 8.52. The Labute approximate surface area is 167 Å². The molecule has 1 aromatic heterocycles. The van der Waals surface area contributed by atoms with E-state index >= 15 is 0 Å². The van der Waals surface area contributed by atoms with Crippen LogP contribution in [0.15, 0.2) is 47.5 Å². The minimum atomic E-state index is -4.68. The molecule has 1 amide bonds. The summed E-state index contributed by atoms with van der Waals surface area (Å²) in [4.78, 5) is 19.8. The smallest absolute Gasteiger partial charge is 0.451 e. The number of hydrogen-bond donors (Lipinski definition) is 1. The predicted molar refractivity (Wildman–Crippen MR) is 101 cm³/mol. The Morgan fingerprint density at radius 2 is 1.90 bits per heavy atom. The Kier molecular flexibility index (Phi) is 4.95. The van der Waals surface area contributed by atoms with Crippen LogP contribution in [0.4, 0.5) is 18.9 Å². The van der Waals surface area contributed by atoms with Crippen molar-refractivity contribution in [2.24, 2.45) is 0 Å². The van der Waals surface area contributed by atoms with Crippen molar-refractivity contribution in [2.75, 3.05) is 12.1 Å². The summed E-state index contributed by atoms with van der Waals surface area (Å²) in [5.41, 5.74) is 0.663. The number of rotatable bonds is 4. The number of amides is 1. The number of halogens is 3. The second-order valence-corrected chi connectivity index (χ2v) is 7.51. The largest absolute Gasteiger partial charge is 0.454 e. The highest BCUT2D eigenvalue weighted by Gasteiger charge is 2.36. The van der Waals surface area contributed by atoms with Gasteiger partial charge in [-0.25, -0.2) is 9.97 Å². The molecule has 29 heavy (non-hydrogen) atoms. The number of anilines is 1. The number of nitrogens with zero attached hydrogens (tertiary/aromatic N) is 2. The Bertz CT molecular complexity index is 1090. The number of fused-ring (bicyclic) bond motifs is 2. The summed E-state index contributed by atoms with van der Waals surface area (Å²) in [6, 6.07) is 11.3. The third-order valence-electron chi connectivity index (χ3n) is 4.12. The van der Waals surface area contributed by atoms with Crippen LogP contribution in [-0.2, 0) is 11.0 Å². The Morgan fingerprint density at radius 1 is 1.14 bits per heavy atom. The topological polar surface area (TPSA) is 73.3 Å². The summed E-state index contributed by atoms with van der Waals surface area (Å²) in [6.45, 7) is 1.71. The van der Waals surface area contributed by atoms with Crippen LogP contribution in [0.1, 0.15) is 12.7 Å². The van der Waals surface area contributed by atoms with Crippen LogP contribution in [0, 0.1) is 0 Å². The second kappa shape index (κ2) is 7.43. The van der Waals surface area contributed by atoms with Gasteiger partial charge in [0, 0.05) is 17.1 Å². The van der Waals surface area contributed by atoms with E-state index in [1.165, 1.54) is 6.07 Å². The van der Waals surface area contributed by atoms with E-state index in [0.717, 1.165) is 11.8 Å². The van der Waals surface area contributed by atoms with Gasteiger partial charge in [0.1, 0.15) is 5.03 Å². The van der Waals surface area contributed by atoms with Crippen molar-refractivity contribution >= 4 is 34.3 Å². The van der Waals surface area contributed by atoms with Crippen LogP contribution in [-0.4, -0.2) is 27.9 Å². The summed E-state index contributed by atoms with van der Waals surface area (Å²) < 4.78 is 49.9. The first-order valence-corrected chi connectivity index (χ1v) is 9.40. The molecule has 0 spiro atoms. The second-order valence-electron chi connectivity index (χ2n) is 6.18. The molecule has 1 N–H and O–H groups in total. The number of alkyl halides is 3. The maximum absolute atomic E-state index is 13.2. The van der Waals surface area contributed by atoms with Crippen LogP contribution >= 0.6 is 11.8 Å². The van der Waals surface area contributed by atoms with E-state index in [4.69, 9.17) is 9.47 Å².